The van der Waals surface area contributed by atoms with Crippen LogP contribution in [0.4, 0.5) is 0 Å². The van der Waals surface area contributed by atoms with Crippen molar-refractivity contribution in [2.75, 3.05) is 13.1 Å². The first-order valence-electron chi connectivity index (χ1n) is 9.36. The van der Waals surface area contributed by atoms with E-state index in [1.54, 1.807) is 4.90 Å². The number of amides is 2. The lowest BCUT2D eigenvalue weighted by Gasteiger charge is -2.34. The van der Waals surface area contributed by atoms with Crippen LogP contribution in [-0.2, 0) is 9.59 Å². The molecular formula is C20H32ClN3O2. The first-order chi connectivity index (χ1) is 11.9. The van der Waals surface area contributed by atoms with Crippen LogP contribution in [0.3, 0.4) is 0 Å². The zero-order chi connectivity index (χ0) is 18.4. The molecule has 0 bridgehead atoms. The number of nitrogens with two attached hydrogens (primary N) is 1. The maximum Gasteiger partial charge on any atom is 0.242 e. The molecule has 1 heterocycles. The van der Waals surface area contributed by atoms with Crippen molar-refractivity contribution >= 4 is 24.2 Å². The molecule has 3 N–H and O–H groups in total. The summed E-state index contributed by atoms with van der Waals surface area (Å²) in [4.78, 5) is 26.3. The monoisotopic (exact) mass is 381 g/mol. The second-order valence-corrected chi connectivity index (χ2v) is 7.13. The Labute approximate surface area is 163 Å². The number of hydrogen-bond donors (Lipinski definition) is 2. The fourth-order valence-corrected chi connectivity index (χ4v) is 3.28. The number of carbonyl (C=O) groups is 2. The number of halogens is 1. The first kappa shape index (κ1) is 22.5. The highest BCUT2D eigenvalue weighted by molar-refractivity contribution is 5.87. The summed E-state index contributed by atoms with van der Waals surface area (Å²) in [6, 6.07) is 7.63. The van der Waals surface area contributed by atoms with Crippen molar-refractivity contribution < 1.29 is 9.59 Å². The molecule has 1 fully saturated rings. The quantitative estimate of drug-likeness (QED) is 0.794. The molecule has 1 aromatic rings. The molecule has 1 aliphatic rings. The van der Waals surface area contributed by atoms with Crippen LogP contribution in [0, 0.1) is 0 Å². The fraction of sp³-hybridized carbons (Fsp3) is 0.600. The van der Waals surface area contributed by atoms with E-state index in [1.807, 2.05) is 19.1 Å². The summed E-state index contributed by atoms with van der Waals surface area (Å²) in [5, 5.41) is 2.94. The van der Waals surface area contributed by atoms with Gasteiger partial charge in [-0.05, 0) is 36.3 Å². The van der Waals surface area contributed by atoms with E-state index in [0.29, 0.717) is 25.4 Å². The first-order valence-corrected chi connectivity index (χ1v) is 9.36. The van der Waals surface area contributed by atoms with E-state index >= 15 is 0 Å². The van der Waals surface area contributed by atoms with Gasteiger partial charge in [-0.15, -0.1) is 12.4 Å². The zero-order valence-electron chi connectivity index (χ0n) is 16.0. The predicted molar refractivity (Wildman–Crippen MR) is 107 cm³/mol. The van der Waals surface area contributed by atoms with Gasteiger partial charge < -0.3 is 16.0 Å². The summed E-state index contributed by atoms with van der Waals surface area (Å²) in [5.41, 5.74) is 8.51. The van der Waals surface area contributed by atoms with E-state index < -0.39 is 0 Å². The lowest BCUT2D eigenvalue weighted by Crippen LogP contribution is -2.52. The van der Waals surface area contributed by atoms with Gasteiger partial charge in [0.25, 0.3) is 0 Å². The van der Waals surface area contributed by atoms with E-state index in [2.05, 4.69) is 31.3 Å². The van der Waals surface area contributed by atoms with Gasteiger partial charge in [-0.2, -0.15) is 0 Å². The van der Waals surface area contributed by atoms with Gasteiger partial charge in [-0.3, -0.25) is 9.59 Å². The molecule has 0 aromatic heterocycles. The van der Waals surface area contributed by atoms with Gasteiger partial charge in [0.05, 0.1) is 0 Å². The number of piperidine rings is 1. The molecule has 26 heavy (non-hydrogen) atoms. The van der Waals surface area contributed by atoms with Crippen molar-refractivity contribution in [3.8, 4) is 0 Å². The Morgan fingerprint density at radius 1 is 1.19 bits per heavy atom. The molecule has 5 nitrogen and oxygen atoms in total. The van der Waals surface area contributed by atoms with Gasteiger partial charge in [0.2, 0.25) is 11.8 Å². The molecule has 146 valence electrons. The van der Waals surface area contributed by atoms with E-state index in [4.69, 9.17) is 5.73 Å². The summed E-state index contributed by atoms with van der Waals surface area (Å²) in [7, 11) is 0. The maximum absolute atomic E-state index is 12.5. The molecule has 0 spiro atoms. The molecule has 1 aromatic carbocycles. The van der Waals surface area contributed by atoms with Crippen molar-refractivity contribution in [2.24, 2.45) is 5.73 Å². The normalized spacial score (nSPS) is 18.2. The number of rotatable bonds is 6. The molecule has 2 unspecified atom stereocenters. The minimum absolute atomic E-state index is 0. The average Bonchev–Trinajstić information content (AvgIpc) is 2.65. The fourth-order valence-electron chi connectivity index (χ4n) is 3.28. The number of carbonyl (C=O) groups excluding carboxylic acids is 2. The maximum atomic E-state index is 12.5. The Hall–Kier alpha value is -1.59. The highest BCUT2D eigenvalue weighted by Gasteiger charge is 2.31. The molecule has 0 radical (unpaired) electrons. The van der Waals surface area contributed by atoms with Crippen LogP contribution in [0.2, 0.25) is 0 Å². The van der Waals surface area contributed by atoms with Crippen molar-refractivity contribution in [1.29, 1.82) is 0 Å². The van der Waals surface area contributed by atoms with Gasteiger partial charge in [0.1, 0.15) is 6.04 Å². The highest BCUT2D eigenvalue weighted by Crippen LogP contribution is 2.19. The van der Waals surface area contributed by atoms with Crippen molar-refractivity contribution in [3.63, 3.8) is 0 Å². The Morgan fingerprint density at radius 2 is 1.81 bits per heavy atom. The lowest BCUT2D eigenvalue weighted by molar-refractivity contribution is -0.142. The molecule has 1 saturated heterocycles. The van der Waals surface area contributed by atoms with Gasteiger partial charge in [0, 0.05) is 25.6 Å². The smallest absolute Gasteiger partial charge is 0.242 e. The predicted octanol–water partition coefficient (Wildman–Crippen LogP) is 3.14. The Morgan fingerprint density at radius 3 is 2.38 bits per heavy atom. The molecule has 0 aliphatic carbocycles. The topological polar surface area (TPSA) is 75.4 Å². The van der Waals surface area contributed by atoms with Crippen LogP contribution in [0.1, 0.15) is 69.5 Å². The van der Waals surface area contributed by atoms with Gasteiger partial charge in [-0.25, -0.2) is 0 Å². The largest absolute Gasteiger partial charge is 0.352 e. The van der Waals surface area contributed by atoms with E-state index in [-0.39, 0.29) is 36.3 Å². The van der Waals surface area contributed by atoms with Crippen LogP contribution in [-0.4, -0.2) is 35.8 Å². The highest BCUT2D eigenvalue weighted by atomic mass is 35.5. The van der Waals surface area contributed by atoms with E-state index in [0.717, 1.165) is 24.8 Å². The number of benzene rings is 1. The number of nitrogens with zero attached hydrogens (tertiary/aromatic N) is 1. The second kappa shape index (κ2) is 10.5. The summed E-state index contributed by atoms with van der Waals surface area (Å²) in [6.45, 7) is 7.20. The van der Waals surface area contributed by atoms with Crippen molar-refractivity contribution in [1.82, 2.24) is 10.2 Å². The molecule has 2 rings (SSSR count). The zero-order valence-corrected chi connectivity index (χ0v) is 16.8. The summed E-state index contributed by atoms with van der Waals surface area (Å²) in [5.74, 6) is 0.447. The third kappa shape index (κ3) is 5.71. The van der Waals surface area contributed by atoms with Crippen LogP contribution < -0.4 is 11.1 Å². The van der Waals surface area contributed by atoms with E-state index in [1.165, 1.54) is 5.56 Å². The van der Waals surface area contributed by atoms with Crippen molar-refractivity contribution in [3.05, 3.63) is 35.4 Å². The average molecular weight is 382 g/mol. The minimum atomic E-state index is -0.350. The van der Waals surface area contributed by atoms with Crippen LogP contribution in [0.15, 0.2) is 24.3 Å². The van der Waals surface area contributed by atoms with Crippen LogP contribution >= 0.6 is 12.4 Å². The van der Waals surface area contributed by atoms with E-state index in [9.17, 15) is 9.59 Å². The molecule has 1 aliphatic heterocycles. The SMILES string of the molecule is CCC(=O)N1CCCCC1C(=O)NCC(N)c1ccc(C(C)C)cc1.Cl. The molecule has 0 saturated carbocycles. The lowest BCUT2D eigenvalue weighted by atomic mass is 9.99. The summed E-state index contributed by atoms with van der Waals surface area (Å²) < 4.78 is 0. The minimum Gasteiger partial charge on any atom is -0.352 e. The molecule has 2 amide bonds. The third-order valence-electron chi connectivity index (χ3n) is 4.96. The Balaban J connectivity index is 0.00000338. The number of nitrogens with one attached hydrogen (secondary N) is 1. The van der Waals surface area contributed by atoms with Crippen LogP contribution in [0.25, 0.3) is 0 Å². The summed E-state index contributed by atoms with van der Waals surface area (Å²) in [6.07, 6.45) is 3.12. The second-order valence-electron chi connectivity index (χ2n) is 7.13. The third-order valence-corrected chi connectivity index (χ3v) is 4.96. The Kier molecular flexibility index (Phi) is 9.09. The van der Waals surface area contributed by atoms with Gasteiger partial charge in [0.15, 0.2) is 0 Å². The summed E-state index contributed by atoms with van der Waals surface area (Å²) >= 11 is 0. The van der Waals surface area contributed by atoms with Gasteiger partial charge >= 0.3 is 0 Å². The number of likely N-dealkylation sites (tertiary alicyclic amines) is 1. The molecule has 6 heteroatoms. The van der Waals surface area contributed by atoms with Gasteiger partial charge in [-0.1, -0.05) is 45.0 Å². The van der Waals surface area contributed by atoms with Crippen molar-refractivity contribution in [2.45, 2.75) is 64.5 Å². The standard InChI is InChI=1S/C20H31N3O2.ClH/c1-4-19(24)23-12-6-5-7-18(23)20(25)22-13-17(21)16-10-8-15(9-11-16)14(2)3;/h8-11,14,17-18H,4-7,12-13,21H2,1-3H3,(H,22,25);1H. The Bertz CT molecular complexity index is 589. The number of hydrogen-bond acceptors (Lipinski definition) is 3. The molecule has 2 atom stereocenters. The molecular weight excluding hydrogens is 350 g/mol. The van der Waals surface area contributed by atoms with Crippen LogP contribution in [0.5, 0.6) is 0 Å².